The maximum atomic E-state index is 13.1. The highest BCUT2D eigenvalue weighted by molar-refractivity contribution is 7.46. The minimum absolute atomic E-state index is 0.194. The summed E-state index contributed by atoms with van der Waals surface area (Å²) in [7, 11) is -4.71. The highest BCUT2D eigenvalue weighted by Crippen LogP contribution is 2.48. The fourth-order valence-corrected chi connectivity index (χ4v) is 4.62. The van der Waals surface area contributed by atoms with Crippen molar-refractivity contribution in [3.8, 4) is 0 Å². The monoisotopic (exact) mass is 457 g/mol. The highest BCUT2D eigenvalue weighted by atomic mass is 31.2. The molecule has 4 nitrogen and oxygen atoms in total. The second-order valence-corrected chi connectivity index (χ2v) is 9.11. The van der Waals surface area contributed by atoms with Crippen molar-refractivity contribution in [1.29, 1.82) is 0 Å². The van der Waals surface area contributed by atoms with Crippen LogP contribution < -0.4 is 4.89 Å². The Morgan fingerprint density at radius 3 is 1.52 bits per heavy atom. The molecular formula is C28H26O4P-. The van der Waals surface area contributed by atoms with Crippen molar-refractivity contribution >= 4 is 20.0 Å². The van der Waals surface area contributed by atoms with Gasteiger partial charge in [-0.2, -0.15) is 0 Å². The van der Waals surface area contributed by atoms with Crippen LogP contribution in [0.3, 0.4) is 0 Å². The van der Waals surface area contributed by atoms with Gasteiger partial charge >= 0.3 is 7.82 Å². The molecule has 0 aromatic heterocycles. The quantitative estimate of drug-likeness (QED) is 0.322. The predicted molar refractivity (Wildman–Crippen MR) is 131 cm³/mol. The van der Waals surface area contributed by atoms with Crippen molar-refractivity contribution in [2.75, 3.05) is 0 Å². The van der Waals surface area contributed by atoms with Crippen LogP contribution in [0.15, 0.2) is 121 Å². The Bertz CT molecular complexity index is 1070. The van der Waals surface area contributed by atoms with Crippen molar-refractivity contribution < 1.29 is 18.5 Å². The number of benzene rings is 2. The maximum absolute atomic E-state index is 13.1. The second-order valence-electron chi connectivity index (χ2n) is 7.86. The average molecular weight is 457 g/mol. The van der Waals surface area contributed by atoms with E-state index in [0.717, 1.165) is 11.1 Å². The minimum Gasteiger partial charge on any atom is -0.736 e. The van der Waals surface area contributed by atoms with Gasteiger partial charge in [0.1, 0.15) is 11.5 Å². The Morgan fingerprint density at radius 2 is 1.15 bits per heavy atom. The molecule has 0 spiro atoms. The topological polar surface area (TPSA) is 58.6 Å². The van der Waals surface area contributed by atoms with E-state index in [1.165, 1.54) is 0 Å². The Hall–Kier alpha value is -3.33. The van der Waals surface area contributed by atoms with Crippen molar-refractivity contribution in [3.63, 3.8) is 0 Å². The average Bonchev–Trinajstić information content (AvgIpc) is 2.85. The predicted octanol–water partition coefficient (Wildman–Crippen LogP) is 6.83. The Kier molecular flexibility index (Phi) is 7.62. The van der Waals surface area contributed by atoms with Gasteiger partial charge < -0.3 is 13.9 Å². The zero-order valence-electron chi connectivity index (χ0n) is 18.2. The fourth-order valence-electron chi connectivity index (χ4n) is 3.69. The van der Waals surface area contributed by atoms with E-state index in [0.29, 0.717) is 24.4 Å². The third kappa shape index (κ3) is 6.82. The third-order valence-corrected chi connectivity index (χ3v) is 6.21. The summed E-state index contributed by atoms with van der Waals surface area (Å²) in [5.41, 5.74) is 1.71. The van der Waals surface area contributed by atoms with Gasteiger partial charge in [-0.05, 0) is 36.1 Å². The second kappa shape index (κ2) is 11.0. The number of hydrogen-bond donors (Lipinski definition) is 0. The van der Waals surface area contributed by atoms with Crippen LogP contribution in [0.4, 0.5) is 0 Å². The molecular weight excluding hydrogens is 431 g/mol. The van der Waals surface area contributed by atoms with E-state index in [-0.39, 0.29) is 11.8 Å². The molecule has 0 saturated heterocycles. The van der Waals surface area contributed by atoms with Crippen LogP contribution in [0.1, 0.15) is 24.0 Å². The van der Waals surface area contributed by atoms with Gasteiger partial charge in [0.25, 0.3) is 0 Å². The van der Waals surface area contributed by atoms with Crippen LogP contribution in [0.25, 0.3) is 12.2 Å². The van der Waals surface area contributed by atoms with Gasteiger partial charge in [0.05, 0.1) is 0 Å². The SMILES string of the molecule is O=P([O-])(O/C(=C\c1ccccc1)C1C=CC=CC1)O/C(=C\c1ccccc1)C1C=CC=CC1. The van der Waals surface area contributed by atoms with Gasteiger partial charge in [-0.25, -0.2) is 4.57 Å². The van der Waals surface area contributed by atoms with E-state index in [1.54, 1.807) is 12.2 Å². The van der Waals surface area contributed by atoms with Crippen molar-refractivity contribution in [2.45, 2.75) is 12.8 Å². The molecule has 0 bridgehead atoms. The molecule has 2 atom stereocenters. The van der Waals surface area contributed by atoms with Crippen molar-refractivity contribution in [3.05, 3.63) is 132 Å². The molecule has 33 heavy (non-hydrogen) atoms. The number of phosphoric ester groups is 1. The molecule has 2 unspecified atom stereocenters. The van der Waals surface area contributed by atoms with Crippen LogP contribution in [-0.2, 0) is 13.6 Å². The van der Waals surface area contributed by atoms with Gasteiger partial charge in [-0.1, -0.05) is 109 Å². The van der Waals surface area contributed by atoms with E-state index in [2.05, 4.69) is 0 Å². The number of allylic oxidation sites excluding steroid dienone is 8. The highest BCUT2D eigenvalue weighted by Gasteiger charge is 2.24. The van der Waals surface area contributed by atoms with E-state index in [4.69, 9.17) is 9.05 Å². The normalized spacial score (nSPS) is 22.1. The summed E-state index contributed by atoms with van der Waals surface area (Å²) in [6.07, 6.45) is 20.3. The first kappa shape index (κ1) is 22.8. The molecule has 0 fully saturated rings. The first-order chi connectivity index (χ1) is 16.1. The summed E-state index contributed by atoms with van der Waals surface area (Å²) in [5.74, 6) is 0.275. The molecule has 2 aromatic rings. The van der Waals surface area contributed by atoms with Gasteiger partial charge in [0, 0.05) is 11.8 Å². The molecule has 5 heteroatoms. The summed E-state index contributed by atoms with van der Waals surface area (Å²) >= 11 is 0. The fraction of sp³-hybridized carbons (Fsp3) is 0.143. The van der Waals surface area contributed by atoms with Crippen LogP contribution in [-0.4, -0.2) is 0 Å². The molecule has 0 aliphatic heterocycles. The largest absolute Gasteiger partial charge is 0.736 e. The van der Waals surface area contributed by atoms with Gasteiger partial charge in [-0.15, -0.1) is 0 Å². The lowest BCUT2D eigenvalue weighted by Crippen LogP contribution is -2.15. The summed E-state index contributed by atoms with van der Waals surface area (Å²) < 4.78 is 24.4. The Labute approximate surface area is 195 Å². The zero-order valence-corrected chi connectivity index (χ0v) is 19.1. The molecule has 2 aromatic carbocycles. The summed E-state index contributed by atoms with van der Waals surface area (Å²) in [6.45, 7) is 0. The first-order valence-electron chi connectivity index (χ1n) is 11.0. The van der Waals surface area contributed by atoms with Crippen molar-refractivity contribution in [2.24, 2.45) is 11.8 Å². The van der Waals surface area contributed by atoms with E-state index in [9.17, 15) is 9.46 Å². The Morgan fingerprint density at radius 1 is 0.727 bits per heavy atom. The zero-order chi connectivity index (χ0) is 22.9. The molecule has 0 amide bonds. The molecule has 168 valence electrons. The van der Waals surface area contributed by atoms with E-state index in [1.807, 2.05) is 109 Å². The smallest absolute Gasteiger partial charge is 0.371 e. The molecule has 4 rings (SSSR count). The molecule has 0 N–H and O–H groups in total. The summed E-state index contributed by atoms with van der Waals surface area (Å²) in [4.78, 5) is 13.1. The number of rotatable bonds is 8. The number of phosphoric acid groups is 1. The first-order valence-corrected chi connectivity index (χ1v) is 12.5. The van der Waals surface area contributed by atoms with E-state index < -0.39 is 7.82 Å². The van der Waals surface area contributed by atoms with Gasteiger partial charge in [0.15, 0.2) is 0 Å². The molecule has 0 saturated carbocycles. The number of hydrogen-bond acceptors (Lipinski definition) is 4. The molecule has 0 radical (unpaired) electrons. The van der Waals surface area contributed by atoms with Gasteiger partial charge in [0.2, 0.25) is 0 Å². The lowest BCUT2D eigenvalue weighted by atomic mass is 9.97. The Balaban J connectivity index is 1.61. The molecule has 2 aliphatic carbocycles. The van der Waals surface area contributed by atoms with Crippen LogP contribution in [0.5, 0.6) is 0 Å². The van der Waals surface area contributed by atoms with Crippen LogP contribution in [0.2, 0.25) is 0 Å². The van der Waals surface area contributed by atoms with Gasteiger partial charge in [-0.3, -0.25) is 0 Å². The standard InChI is InChI=1S/C28H27O4P/c29-33(30,31-27(25-17-9-3-10-18-25)21-23-13-5-1-6-14-23)32-28(26-19-11-4-12-20-26)22-24-15-7-2-8-16-24/h1-17,19,21-22,25-26H,18,20H2,(H,29,30)/p-1/b27-21-,28-22-. The molecule has 2 aliphatic rings. The summed E-state index contributed by atoms with van der Waals surface area (Å²) in [6, 6.07) is 19.0. The third-order valence-electron chi connectivity index (χ3n) is 5.34. The summed E-state index contributed by atoms with van der Waals surface area (Å²) in [5, 5.41) is 0. The van der Waals surface area contributed by atoms with Crippen LogP contribution >= 0.6 is 7.82 Å². The minimum atomic E-state index is -4.71. The maximum Gasteiger partial charge on any atom is 0.371 e. The molecule has 0 heterocycles. The van der Waals surface area contributed by atoms with E-state index >= 15 is 0 Å². The lowest BCUT2D eigenvalue weighted by Gasteiger charge is -2.31. The van der Waals surface area contributed by atoms with Crippen LogP contribution in [0, 0.1) is 11.8 Å². The lowest BCUT2D eigenvalue weighted by molar-refractivity contribution is -0.219. The van der Waals surface area contributed by atoms with Crippen molar-refractivity contribution in [1.82, 2.24) is 0 Å².